The van der Waals surface area contributed by atoms with E-state index in [0.29, 0.717) is 6.04 Å². The normalized spacial score (nSPS) is 21.1. The molecule has 1 aromatic rings. The van der Waals surface area contributed by atoms with Gasteiger partial charge in [0.05, 0.1) is 0 Å². The fourth-order valence-corrected chi connectivity index (χ4v) is 2.41. The number of ketones is 1. The molecule has 1 aliphatic heterocycles. The molecule has 0 amide bonds. The summed E-state index contributed by atoms with van der Waals surface area (Å²) in [5, 5.41) is 0. The van der Waals surface area contributed by atoms with Crippen LogP contribution in [0.25, 0.3) is 0 Å². The van der Waals surface area contributed by atoms with Gasteiger partial charge in [-0.2, -0.15) is 0 Å². The van der Waals surface area contributed by atoms with Crippen LogP contribution in [0.3, 0.4) is 0 Å². The first-order valence-electron chi connectivity index (χ1n) is 6.54. The van der Waals surface area contributed by atoms with E-state index < -0.39 is 0 Å². The molecular formula is C14H21N3O. The minimum atomic E-state index is 0.0971. The first-order valence-corrected chi connectivity index (χ1v) is 6.54. The average Bonchev–Trinajstić information content (AvgIpc) is 2.39. The van der Waals surface area contributed by atoms with Gasteiger partial charge >= 0.3 is 0 Å². The highest BCUT2D eigenvalue weighted by Crippen LogP contribution is 2.18. The van der Waals surface area contributed by atoms with Gasteiger partial charge in [-0.05, 0) is 32.5 Å². The van der Waals surface area contributed by atoms with E-state index in [2.05, 4.69) is 28.8 Å². The van der Waals surface area contributed by atoms with E-state index in [1.165, 1.54) is 0 Å². The second-order valence-corrected chi connectivity index (χ2v) is 4.95. The van der Waals surface area contributed by atoms with Gasteiger partial charge in [-0.25, -0.2) is 4.98 Å². The molecule has 0 aromatic carbocycles. The Bertz CT molecular complexity index is 433. The smallest absolute Gasteiger partial charge is 0.159 e. The minimum absolute atomic E-state index is 0.0971. The lowest BCUT2D eigenvalue weighted by molar-refractivity contribution is 0.101. The Morgan fingerprint density at radius 3 is 2.94 bits per heavy atom. The zero-order valence-electron chi connectivity index (χ0n) is 11.4. The molecule has 1 aromatic heterocycles. The number of carbonyl (C=O) groups is 1. The highest BCUT2D eigenvalue weighted by atomic mass is 16.1. The summed E-state index contributed by atoms with van der Waals surface area (Å²) in [4.78, 5) is 20.5. The van der Waals surface area contributed by atoms with Crippen molar-refractivity contribution in [1.82, 2.24) is 9.88 Å². The second-order valence-electron chi connectivity index (χ2n) is 4.95. The van der Waals surface area contributed by atoms with Crippen molar-refractivity contribution in [3.63, 3.8) is 0 Å². The molecule has 4 heteroatoms. The van der Waals surface area contributed by atoms with E-state index in [4.69, 9.17) is 0 Å². The number of hydrogen-bond donors (Lipinski definition) is 0. The summed E-state index contributed by atoms with van der Waals surface area (Å²) >= 11 is 0. The van der Waals surface area contributed by atoms with Crippen molar-refractivity contribution >= 4 is 11.6 Å². The first kappa shape index (κ1) is 13.0. The number of rotatable bonds is 3. The molecular weight excluding hydrogens is 226 g/mol. The fourth-order valence-electron chi connectivity index (χ4n) is 2.41. The molecule has 98 valence electrons. The number of likely N-dealkylation sites (N-methyl/N-ethyl adjacent to an activating group) is 1. The summed E-state index contributed by atoms with van der Waals surface area (Å²) in [5.41, 5.74) is 0.743. The predicted octanol–water partition coefficient (Wildman–Crippen LogP) is 1.81. The van der Waals surface area contributed by atoms with Crippen LogP contribution in [0, 0.1) is 0 Å². The maximum Gasteiger partial charge on any atom is 0.159 e. The predicted molar refractivity (Wildman–Crippen MR) is 73.2 cm³/mol. The largest absolute Gasteiger partial charge is 0.354 e. The Morgan fingerprint density at radius 1 is 1.50 bits per heavy atom. The number of Topliss-reactive ketones (excluding diaryl/α,β-unsaturated/α-hetero) is 1. The van der Waals surface area contributed by atoms with Crippen molar-refractivity contribution in [3.05, 3.63) is 23.9 Å². The Labute approximate surface area is 109 Å². The highest BCUT2D eigenvalue weighted by molar-refractivity contribution is 5.94. The summed E-state index contributed by atoms with van der Waals surface area (Å²) in [6.45, 7) is 6.81. The molecule has 1 atom stereocenters. The number of piperazine rings is 1. The molecule has 0 aliphatic carbocycles. The van der Waals surface area contributed by atoms with E-state index >= 15 is 0 Å². The Balaban J connectivity index is 2.16. The molecule has 0 saturated carbocycles. The van der Waals surface area contributed by atoms with Gasteiger partial charge in [-0.15, -0.1) is 0 Å². The molecule has 0 spiro atoms. The third kappa shape index (κ3) is 2.70. The monoisotopic (exact) mass is 247 g/mol. The first-order chi connectivity index (χ1) is 8.61. The lowest BCUT2D eigenvalue weighted by Gasteiger charge is -2.39. The van der Waals surface area contributed by atoms with Crippen LogP contribution >= 0.6 is 0 Å². The van der Waals surface area contributed by atoms with Crippen molar-refractivity contribution in [2.45, 2.75) is 26.3 Å². The van der Waals surface area contributed by atoms with Crippen LogP contribution in [0.4, 0.5) is 5.82 Å². The van der Waals surface area contributed by atoms with Gasteiger partial charge in [0.2, 0.25) is 0 Å². The maximum atomic E-state index is 11.4. The zero-order valence-corrected chi connectivity index (χ0v) is 11.4. The van der Waals surface area contributed by atoms with Crippen molar-refractivity contribution < 1.29 is 4.79 Å². The van der Waals surface area contributed by atoms with Crippen molar-refractivity contribution in [2.75, 3.05) is 31.6 Å². The summed E-state index contributed by atoms with van der Waals surface area (Å²) in [6.07, 6.45) is 2.87. The quantitative estimate of drug-likeness (QED) is 0.763. The maximum absolute atomic E-state index is 11.4. The zero-order chi connectivity index (χ0) is 13.1. The van der Waals surface area contributed by atoms with E-state index in [1.54, 1.807) is 19.2 Å². The van der Waals surface area contributed by atoms with Crippen LogP contribution in [0.15, 0.2) is 18.3 Å². The third-order valence-electron chi connectivity index (χ3n) is 3.72. The number of carbonyl (C=O) groups excluding carboxylic acids is 1. The Hall–Kier alpha value is -1.42. The van der Waals surface area contributed by atoms with Crippen LogP contribution < -0.4 is 4.90 Å². The molecule has 1 unspecified atom stereocenters. The van der Waals surface area contributed by atoms with Crippen LogP contribution in [-0.4, -0.2) is 48.4 Å². The van der Waals surface area contributed by atoms with Gasteiger partial charge in [-0.3, -0.25) is 9.69 Å². The highest BCUT2D eigenvalue weighted by Gasteiger charge is 2.23. The number of hydrogen-bond acceptors (Lipinski definition) is 4. The molecule has 2 heterocycles. The summed E-state index contributed by atoms with van der Waals surface area (Å²) in [7, 11) is 2.17. The SMILES string of the molecule is CCC1CN(c2cc(C(C)=O)ccn2)CCN1C. The standard InChI is InChI=1S/C14H21N3O/c1-4-13-10-17(8-7-16(13)3)14-9-12(11(2)18)5-6-15-14/h5-6,9,13H,4,7-8,10H2,1-3H3. The second kappa shape index (κ2) is 5.48. The van der Waals surface area contributed by atoms with Gasteiger partial charge < -0.3 is 4.90 Å². The number of pyridine rings is 1. The summed E-state index contributed by atoms with van der Waals surface area (Å²) in [6, 6.07) is 4.25. The molecule has 1 fully saturated rings. The molecule has 18 heavy (non-hydrogen) atoms. The third-order valence-corrected chi connectivity index (χ3v) is 3.72. The van der Waals surface area contributed by atoms with Crippen LogP contribution in [-0.2, 0) is 0 Å². The van der Waals surface area contributed by atoms with Crippen LogP contribution in [0.1, 0.15) is 30.6 Å². The summed E-state index contributed by atoms with van der Waals surface area (Å²) < 4.78 is 0. The Kier molecular flexibility index (Phi) is 3.97. The average molecular weight is 247 g/mol. The topological polar surface area (TPSA) is 36.4 Å². The number of aromatic nitrogens is 1. The molecule has 0 N–H and O–H groups in total. The van der Waals surface area contributed by atoms with Crippen LogP contribution in [0.5, 0.6) is 0 Å². The van der Waals surface area contributed by atoms with Crippen molar-refractivity contribution in [2.24, 2.45) is 0 Å². The van der Waals surface area contributed by atoms with Gasteiger partial charge in [0.1, 0.15) is 5.82 Å². The van der Waals surface area contributed by atoms with Crippen LogP contribution in [0.2, 0.25) is 0 Å². The van der Waals surface area contributed by atoms with Gasteiger partial charge in [0.25, 0.3) is 0 Å². The lowest BCUT2D eigenvalue weighted by Crippen LogP contribution is -2.51. The molecule has 2 rings (SSSR count). The molecule has 1 aliphatic rings. The summed E-state index contributed by atoms with van der Waals surface area (Å²) in [5.74, 6) is 1.02. The number of nitrogens with zero attached hydrogens (tertiary/aromatic N) is 3. The molecule has 0 bridgehead atoms. The van der Waals surface area contributed by atoms with E-state index in [1.807, 2.05) is 6.07 Å². The Morgan fingerprint density at radius 2 is 2.28 bits per heavy atom. The van der Waals surface area contributed by atoms with E-state index in [9.17, 15) is 4.79 Å². The fraction of sp³-hybridized carbons (Fsp3) is 0.571. The van der Waals surface area contributed by atoms with Crippen molar-refractivity contribution in [3.8, 4) is 0 Å². The van der Waals surface area contributed by atoms with Gasteiger partial charge in [0, 0.05) is 37.4 Å². The van der Waals surface area contributed by atoms with E-state index in [0.717, 1.165) is 37.4 Å². The molecule has 1 saturated heterocycles. The molecule has 4 nitrogen and oxygen atoms in total. The lowest BCUT2D eigenvalue weighted by atomic mass is 10.1. The van der Waals surface area contributed by atoms with Gasteiger partial charge in [0.15, 0.2) is 5.78 Å². The van der Waals surface area contributed by atoms with E-state index in [-0.39, 0.29) is 5.78 Å². The van der Waals surface area contributed by atoms with Crippen molar-refractivity contribution in [1.29, 1.82) is 0 Å². The molecule has 0 radical (unpaired) electrons. The van der Waals surface area contributed by atoms with Gasteiger partial charge in [-0.1, -0.05) is 6.92 Å². The number of anilines is 1. The minimum Gasteiger partial charge on any atom is -0.354 e.